The van der Waals surface area contributed by atoms with Gasteiger partial charge >= 0.3 is 0 Å². The summed E-state index contributed by atoms with van der Waals surface area (Å²) in [5.41, 5.74) is 3.07. The number of aromatic nitrogens is 2. The van der Waals surface area contributed by atoms with Gasteiger partial charge in [-0.05, 0) is 49.8 Å². The number of halogens is 1. The zero-order chi connectivity index (χ0) is 15.0. The Morgan fingerprint density at radius 1 is 1.10 bits per heavy atom. The van der Waals surface area contributed by atoms with Crippen molar-refractivity contribution in [1.29, 1.82) is 0 Å². The molecule has 106 valence electrons. The maximum absolute atomic E-state index is 6.19. The highest BCUT2D eigenvalue weighted by Crippen LogP contribution is 2.31. The van der Waals surface area contributed by atoms with Gasteiger partial charge in [-0.15, -0.1) is 0 Å². The average molecular weight is 315 g/mol. The Balaban J connectivity index is 2.50. The van der Waals surface area contributed by atoms with Crippen molar-refractivity contribution < 1.29 is 0 Å². The Bertz CT molecular complexity index is 854. The lowest BCUT2D eigenvalue weighted by Crippen LogP contribution is -2.09. The van der Waals surface area contributed by atoms with Gasteiger partial charge in [0.15, 0.2) is 0 Å². The number of hydrogen-bond donors (Lipinski definition) is 0. The molecule has 0 bridgehead atoms. The third kappa shape index (κ3) is 2.59. The zero-order valence-electron chi connectivity index (χ0n) is 11.9. The molecule has 1 heterocycles. The van der Waals surface area contributed by atoms with Crippen LogP contribution in [0.2, 0.25) is 5.02 Å². The van der Waals surface area contributed by atoms with Gasteiger partial charge in [-0.3, -0.25) is 0 Å². The first-order chi connectivity index (χ1) is 10.1. The molecule has 0 radical (unpaired) electrons. The molecule has 2 aromatic carbocycles. The minimum absolute atomic E-state index is 0.226. The molecule has 0 atom stereocenters. The minimum Gasteiger partial charge on any atom is -0.313 e. The smallest absolute Gasteiger partial charge is 0.200 e. The summed E-state index contributed by atoms with van der Waals surface area (Å²) >= 11 is 11.7. The summed E-state index contributed by atoms with van der Waals surface area (Å²) in [6.07, 6.45) is 0. The summed E-state index contributed by atoms with van der Waals surface area (Å²) in [5, 5.41) is 1.73. The zero-order valence-corrected chi connectivity index (χ0v) is 13.4. The third-order valence-electron chi connectivity index (χ3n) is 3.44. The van der Waals surface area contributed by atoms with E-state index in [1.807, 2.05) is 36.4 Å². The molecule has 3 rings (SSSR count). The number of rotatable bonds is 2. The normalized spacial score (nSPS) is 11.2. The van der Waals surface area contributed by atoms with Gasteiger partial charge in [0.1, 0.15) is 0 Å². The molecule has 3 aromatic rings. The second kappa shape index (κ2) is 5.58. The Labute approximate surface area is 134 Å². The predicted molar refractivity (Wildman–Crippen MR) is 91.4 cm³/mol. The fourth-order valence-corrected chi connectivity index (χ4v) is 3.12. The van der Waals surface area contributed by atoms with Crippen LogP contribution in [0.5, 0.6) is 0 Å². The maximum atomic E-state index is 6.19. The Morgan fingerprint density at radius 3 is 2.48 bits per heavy atom. The number of fused-ring (bicyclic) bond motifs is 1. The van der Waals surface area contributed by atoms with E-state index in [-0.39, 0.29) is 6.04 Å². The van der Waals surface area contributed by atoms with E-state index >= 15 is 0 Å². The van der Waals surface area contributed by atoms with E-state index in [4.69, 9.17) is 23.8 Å². The molecule has 0 saturated carbocycles. The van der Waals surface area contributed by atoms with E-state index in [0.717, 1.165) is 22.2 Å². The Kier molecular flexibility index (Phi) is 3.79. The second-order valence-electron chi connectivity index (χ2n) is 5.23. The highest BCUT2D eigenvalue weighted by atomic mass is 35.5. The first-order valence-electron chi connectivity index (χ1n) is 6.85. The molecule has 1 aromatic heterocycles. The molecule has 0 aliphatic rings. The Morgan fingerprint density at radius 2 is 1.81 bits per heavy atom. The van der Waals surface area contributed by atoms with Gasteiger partial charge in [-0.1, -0.05) is 41.9 Å². The van der Waals surface area contributed by atoms with Crippen molar-refractivity contribution in [2.45, 2.75) is 19.9 Å². The van der Waals surface area contributed by atoms with Crippen LogP contribution in [0, 0.1) is 4.77 Å². The van der Waals surface area contributed by atoms with E-state index in [0.29, 0.717) is 9.79 Å². The molecule has 0 spiro atoms. The van der Waals surface area contributed by atoms with E-state index in [1.165, 1.54) is 0 Å². The van der Waals surface area contributed by atoms with Gasteiger partial charge in [-0.25, -0.2) is 4.98 Å². The van der Waals surface area contributed by atoms with E-state index in [2.05, 4.69) is 35.5 Å². The van der Waals surface area contributed by atoms with E-state index in [9.17, 15) is 0 Å². The molecule has 2 nitrogen and oxygen atoms in total. The van der Waals surface area contributed by atoms with Gasteiger partial charge in [0.05, 0.1) is 11.2 Å². The van der Waals surface area contributed by atoms with Crippen molar-refractivity contribution in [3.63, 3.8) is 0 Å². The molecular weight excluding hydrogens is 300 g/mol. The number of benzene rings is 2. The Hall–Kier alpha value is -1.71. The monoisotopic (exact) mass is 314 g/mol. The molecular formula is C17H15ClN2S. The van der Waals surface area contributed by atoms with Crippen molar-refractivity contribution in [1.82, 2.24) is 9.55 Å². The maximum Gasteiger partial charge on any atom is 0.200 e. The third-order valence-corrected chi connectivity index (χ3v) is 3.96. The van der Waals surface area contributed by atoms with Crippen LogP contribution >= 0.6 is 23.8 Å². The van der Waals surface area contributed by atoms with Crippen LogP contribution in [-0.4, -0.2) is 9.55 Å². The fourth-order valence-electron chi connectivity index (χ4n) is 2.55. The van der Waals surface area contributed by atoms with Gasteiger partial charge in [0.2, 0.25) is 4.77 Å². The van der Waals surface area contributed by atoms with Crippen LogP contribution < -0.4 is 0 Å². The molecule has 4 heteroatoms. The van der Waals surface area contributed by atoms with Crippen LogP contribution in [0.1, 0.15) is 19.9 Å². The summed E-state index contributed by atoms with van der Waals surface area (Å²) in [7, 11) is 0. The standard InChI is InChI=1S/C17H15ClN2S/c1-11(2)20-16(12-6-4-3-5-7-12)14-10-13(18)8-9-15(14)19-17(20)21/h3-11H,1-2H3. The largest absolute Gasteiger partial charge is 0.313 e. The summed E-state index contributed by atoms with van der Waals surface area (Å²) in [5.74, 6) is 0. The predicted octanol–water partition coefficient (Wildman–Crippen LogP) is 5.67. The van der Waals surface area contributed by atoms with Crippen LogP contribution in [0.25, 0.3) is 22.2 Å². The molecule has 0 amide bonds. The lowest BCUT2D eigenvalue weighted by molar-refractivity contribution is 0.588. The first-order valence-corrected chi connectivity index (χ1v) is 7.64. The summed E-state index contributed by atoms with van der Waals surface area (Å²) in [6.45, 7) is 4.22. The van der Waals surface area contributed by atoms with Crippen LogP contribution in [0.4, 0.5) is 0 Å². The van der Waals surface area contributed by atoms with Crippen molar-refractivity contribution >= 4 is 34.7 Å². The average Bonchev–Trinajstić information content (AvgIpc) is 2.47. The molecule has 0 aliphatic carbocycles. The lowest BCUT2D eigenvalue weighted by atomic mass is 10.1. The fraction of sp³-hybridized carbons (Fsp3) is 0.176. The quantitative estimate of drug-likeness (QED) is 0.567. The summed E-state index contributed by atoms with van der Waals surface area (Å²) < 4.78 is 2.68. The van der Waals surface area contributed by atoms with Gasteiger partial charge < -0.3 is 4.57 Å². The first kappa shape index (κ1) is 14.2. The molecule has 0 aliphatic heterocycles. The lowest BCUT2D eigenvalue weighted by Gasteiger charge is -2.19. The second-order valence-corrected chi connectivity index (χ2v) is 6.04. The summed E-state index contributed by atoms with van der Waals surface area (Å²) in [6, 6.07) is 16.2. The van der Waals surface area contributed by atoms with Crippen LogP contribution in [-0.2, 0) is 0 Å². The highest BCUT2D eigenvalue weighted by Gasteiger charge is 2.14. The topological polar surface area (TPSA) is 17.8 Å². The molecule has 0 fully saturated rings. The van der Waals surface area contributed by atoms with Gasteiger partial charge in [0.25, 0.3) is 0 Å². The SMILES string of the molecule is CC(C)n1c(-c2ccccc2)c2cc(Cl)ccc2nc1=S. The van der Waals surface area contributed by atoms with Gasteiger partial charge in [-0.2, -0.15) is 0 Å². The van der Waals surface area contributed by atoms with Crippen molar-refractivity contribution in [3.05, 3.63) is 58.3 Å². The number of nitrogens with zero attached hydrogens (tertiary/aromatic N) is 2. The molecule has 0 N–H and O–H groups in total. The molecule has 21 heavy (non-hydrogen) atoms. The van der Waals surface area contributed by atoms with Crippen LogP contribution in [0.3, 0.4) is 0 Å². The molecule has 0 unspecified atom stereocenters. The highest BCUT2D eigenvalue weighted by molar-refractivity contribution is 7.71. The minimum atomic E-state index is 0.226. The van der Waals surface area contributed by atoms with Crippen molar-refractivity contribution in [2.75, 3.05) is 0 Å². The van der Waals surface area contributed by atoms with E-state index in [1.54, 1.807) is 0 Å². The van der Waals surface area contributed by atoms with Crippen LogP contribution in [0.15, 0.2) is 48.5 Å². The van der Waals surface area contributed by atoms with Gasteiger partial charge in [0, 0.05) is 16.5 Å². The van der Waals surface area contributed by atoms with Crippen molar-refractivity contribution in [2.24, 2.45) is 0 Å². The summed E-state index contributed by atoms with van der Waals surface area (Å²) in [4.78, 5) is 4.54. The molecule has 0 saturated heterocycles. The van der Waals surface area contributed by atoms with E-state index < -0.39 is 0 Å². The number of hydrogen-bond acceptors (Lipinski definition) is 2. The van der Waals surface area contributed by atoms with Crippen molar-refractivity contribution in [3.8, 4) is 11.3 Å².